The third-order valence-corrected chi connectivity index (χ3v) is 2.37. The zero-order valence-corrected chi connectivity index (χ0v) is 10.3. The van der Waals surface area contributed by atoms with Crippen LogP contribution in [0.1, 0.15) is 28.0 Å². The number of alkyl halides is 6. The molecule has 1 heterocycles. The van der Waals surface area contributed by atoms with Gasteiger partial charge in [-0.3, -0.25) is 4.79 Å². The van der Waals surface area contributed by atoms with Gasteiger partial charge in [0, 0.05) is 5.88 Å². The van der Waals surface area contributed by atoms with E-state index in [-0.39, 0.29) is 5.56 Å². The maximum absolute atomic E-state index is 12.6. The Morgan fingerprint density at radius 2 is 2.00 bits per heavy atom. The van der Waals surface area contributed by atoms with Crippen molar-refractivity contribution in [2.45, 2.75) is 18.7 Å². The summed E-state index contributed by atoms with van der Waals surface area (Å²) in [4.78, 5) is 13.9. The summed E-state index contributed by atoms with van der Waals surface area (Å²) in [6.45, 7) is 0. The fourth-order valence-electron chi connectivity index (χ4n) is 1.18. The van der Waals surface area contributed by atoms with Gasteiger partial charge >= 0.3 is 6.36 Å². The quantitative estimate of drug-likeness (QED) is 0.477. The van der Waals surface area contributed by atoms with Crippen LogP contribution in [-0.4, -0.2) is 16.6 Å². The first-order chi connectivity index (χ1) is 8.65. The van der Waals surface area contributed by atoms with Crippen LogP contribution in [0.4, 0.5) is 22.0 Å². The van der Waals surface area contributed by atoms with Gasteiger partial charge in [-0.05, 0) is 23.2 Å². The van der Waals surface area contributed by atoms with Crippen molar-refractivity contribution >= 4 is 28.4 Å². The number of pyridine rings is 1. The molecule has 0 N–H and O–H groups in total. The van der Waals surface area contributed by atoms with E-state index in [1.165, 1.54) is 0 Å². The Morgan fingerprint density at radius 1 is 1.42 bits per heavy atom. The van der Waals surface area contributed by atoms with Crippen LogP contribution in [0.25, 0.3) is 0 Å². The normalized spacial score (nSPS) is 11.8. The molecule has 106 valence electrons. The third-order valence-electron chi connectivity index (χ3n) is 1.87. The first-order valence-corrected chi connectivity index (χ1v) is 5.40. The van der Waals surface area contributed by atoms with Crippen LogP contribution in [0.5, 0.6) is 5.88 Å². The Morgan fingerprint density at radius 3 is 2.37 bits per heavy atom. The number of ether oxygens (including phenoxy) is 1. The van der Waals surface area contributed by atoms with E-state index in [1.807, 2.05) is 0 Å². The van der Waals surface area contributed by atoms with Crippen LogP contribution in [0.3, 0.4) is 0 Å². The molecule has 0 saturated carbocycles. The van der Waals surface area contributed by atoms with Crippen LogP contribution in [0.15, 0.2) is 6.07 Å². The molecule has 0 saturated heterocycles. The van der Waals surface area contributed by atoms with Crippen LogP contribution in [0, 0.1) is 0 Å². The van der Waals surface area contributed by atoms with E-state index in [4.69, 9.17) is 23.2 Å². The minimum atomic E-state index is -5.20. The minimum absolute atomic E-state index is 0.310. The SMILES string of the molecule is O=C(Cl)c1cc(CCl)c(C(F)F)nc1OC(F)(F)F. The largest absolute Gasteiger partial charge is 0.574 e. The van der Waals surface area contributed by atoms with Crippen molar-refractivity contribution in [2.24, 2.45) is 0 Å². The number of hydrogen-bond donors (Lipinski definition) is 0. The predicted octanol–water partition coefficient (Wildman–Crippen LogP) is 4.04. The molecule has 0 amide bonds. The molecule has 3 nitrogen and oxygen atoms in total. The lowest BCUT2D eigenvalue weighted by Crippen LogP contribution is -2.20. The number of carbonyl (C=O) groups excluding carboxylic acids is 1. The van der Waals surface area contributed by atoms with Crippen molar-refractivity contribution in [3.05, 3.63) is 22.9 Å². The van der Waals surface area contributed by atoms with Gasteiger partial charge in [-0.15, -0.1) is 24.8 Å². The van der Waals surface area contributed by atoms with Crippen molar-refractivity contribution in [1.82, 2.24) is 4.98 Å². The highest BCUT2D eigenvalue weighted by atomic mass is 35.5. The number of carbonyl (C=O) groups is 1. The second-order valence-electron chi connectivity index (χ2n) is 3.14. The number of rotatable bonds is 4. The molecule has 1 rings (SSSR count). The lowest BCUT2D eigenvalue weighted by molar-refractivity contribution is -0.276. The van der Waals surface area contributed by atoms with E-state index >= 15 is 0 Å². The average Bonchev–Trinajstić information content (AvgIpc) is 2.25. The molecular weight excluding hydrogens is 320 g/mol. The van der Waals surface area contributed by atoms with Crippen molar-refractivity contribution in [3.63, 3.8) is 0 Å². The lowest BCUT2D eigenvalue weighted by atomic mass is 10.1. The maximum atomic E-state index is 12.6. The van der Waals surface area contributed by atoms with Crippen LogP contribution < -0.4 is 4.74 Å². The second-order valence-corrected chi connectivity index (χ2v) is 3.75. The second kappa shape index (κ2) is 5.87. The van der Waals surface area contributed by atoms with Gasteiger partial charge in [-0.25, -0.2) is 13.8 Å². The molecule has 19 heavy (non-hydrogen) atoms. The molecule has 0 radical (unpaired) electrons. The molecular formula is C9H4Cl2F5NO2. The highest BCUT2D eigenvalue weighted by Crippen LogP contribution is 2.31. The minimum Gasteiger partial charge on any atom is -0.387 e. The first kappa shape index (κ1) is 15.9. The summed E-state index contributed by atoms with van der Waals surface area (Å²) >= 11 is 10.4. The molecule has 0 bridgehead atoms. The highest BCUT2D eigenvalue weighted by molar-refractivity contribution is 6.68. The van der Waals surface area contributed by atoms with Crippen molar-refractivity contribution in [3.8, 4) is 5.88 Å². The van der Waals surface area contributed by atoms with Crippen LogP contribution in [-0.2, 0) is 5.88 Å². The van der Waals surface area contributed by atoms with Gasteiger partial charge in [0.25, 0.3) is 11.7 Å². The van der Waals surface area contributed by atoms with E-state index in [0.29, 0.717) is 6.07 Å². The molecule has 0 aliphatic heterocycles. The van der Waals surface area contributed by atoms with Gasteiger partial charge in [-0.2, -0.15) is 0 Å². The third kappa shape index (κ3) is 4.17. The van der Waals surface area contributed by atoms with Gasteiger partial charge < -0.3 is 4.74 Å². The van der Waals surface area contributed by atoms with E-state index in [9.17, 15) is 26.7 Å². The summed E-state index contributed by atoms with van der Waals surface area (Å²) in [6.07, 6.45) is -8.38. The highest BCUT2D eigenvalue weighted by Gasteiger charge is 2.35. The van der Waals surface area contributed by atoms with Crippen LogP contribution >= 0.6 is 23.2 Å². The average molecular weight is 324 g/mol. The Kier molecular flexibility index (Phi) is 4.92. The van der Waals surface area contributed by atoms with Crippen LogP contribution in [0.2, 0.25) is 0 Å². The number of halogens is 7. The molecule has 10 heteroatoms. The molecule has 1 aromatic heterocycles. The summed E-state index contributed by atoms with van der Waals surface area (Å²) in [5, 5.41) is -1.33. The van der Waals surface area contributed by atoms with Gasteiger partial charge in [-0.1, -0.05) is 0 Å². The molecule has 0 aromatic carbocycles. The van der Waals surface area contributed by atoms with Gasteiger partial charge in [0.05, 0.1) is 5.56 Å². The molecule has 0 aliphatic carbocycles. The van der Waals surface area contributed by atoms with E-state index in [2.05, 4.69) is 9.72 Å². The summed E-state index contributed by atoms with van der Waals surface area (Å²) < 4.78 is 64.8. The molecule has 0 fully saturated rings. The standard InChI is InChI=1S/C9H4Cl2F5NO2/c10-2-3-1-4(6(11)18)8(19-9(14,15)16)17-5(3)7(12)13/h1,7H,2H2. The predicted molar refractivity (Wildman–Crippen MR) is 55.6 cm³/mol. The number of nitrogens with zero attached hydrogens (tertiary/aromatic N) is 1. The Bertz CT molecular complexity index is 492. The van der Waals surface area contributed by atoms with Crippen molar-refractivity contribution < 1.29 is 31.5 Å². The van der Waals surface area contributed by atoms with E-state index < -0.39 is 41.0 Å². The Labute approximate surface area is 113 Å². The number of aromatic nitrogens is 1. The lowest BCUT2D eigenvalue weighted by Gasteiger charge is -2.13. The molecule has 1 aromatic rings. The fraction of sp³-hybridized carbons (Fsp3) is 0.333. The summed E-state index contributed by atoms with van der Waals surface area (Å²) in [5.74, 6) is -1.81. The van der Waals surface area contributed by atoms with Gasteiger partial charge in [0.1, 0.15) is 5.69 Å². The maximum Gasteiger partial charge on any atom is 0.574 e. The topological polar surface area (TPSA) is 39.2 Å². The smallest absolute Gasteiger partial charge is 0.387 e. The molecule has 0 atom stereocenters. The summed E-state index contributed by atoms with van der Waals surface area (Å²) in [6, 6.07) is 0.692. The zero-order valence-electron chi connectivity index (χ0n) is 8.77. The van der Waals surface area contributed by atoms with Gasteiger partial charge in [0.2, 0.25) is 5.88 Å². The Hall–Kier alpha value is -1.15. The Balaban J connectivity index is 3.41. The molecule has 0 unspecified atom stereocenters. The fourth-order valence-corrected chi connectivity index (χ4v) is 1.52. The number of hydrogen-bond acceptors (Lipinski definition) is 3. The van der Waals surface area contributed by atoms with E-state index in [1.54, 1.807) is 0 Å². The molecule has 0 spiro atoms. The summed E-state index contributed by atoms with van der Waals surface area (Å²) in [7, 11) is 0. The van der Waals surface area contributed by atoms with Crippen molar-refractivity contribution in [1.29, 1.82) is 0 Å². The zero-order chi connectivity index (χ0) is 14.8. The van der Waals surface area contributed by atoms with Gasteiger partial charge in [0.15, 0.2) is 0 Å². The van der Waals surface area contributed by atoms with Crippen molar-refractivity contribution in [2.75, 3.05) is 0 Å². The monoisotopic (exact) mass is 323 g/mol. The summed E-state index contributed by atoms with van der Waals surface area (Å²) in [5.41, 5.74) is -2.11. The van der Waals surface area contributed by atoms with E-state index in [0.717, 1.165) is 0 Å². The molecule has 0 aliphatic rings. The first-order valence-electron chi connectivity index (χ1n) is 4.49.